The standard InChI is InChI=1S/C12H12O4/c1-7-3-8(2)5-9(4-7)10(13)6-11(14)12(15)16/h3-6,13H,1-2H3,(H,15,16)/b10-6-. The summed E-state index contributed by atoms with van der Waals surface area (Å²) in [6.45, 7) is 3.70. The highest BCUT2D eigenvalue weighted by atomic mass is 16.4. The molecule has 0 spiro atoms. The lowest BCUT2D eigenvalue weighted by molar-refractivity contribution is -0.146. The van der Waals surface area contributed by atoms with Gasteiger partial charge in [-0.1, -0.05) is 17.2 Å². The van der Waals surface area contributed by atoms with Crippen molar-refractivity contribution in [3.63, 3.8) is 0 Å². The highest BCUT2D eigenvalue weighted by Gasteiger charge is 2.10. The van der Waals surface area contributed by atoms with Crippen molar-refractivity contribution in [1.82, 2.24) is 0 Å². The maximum atomic E-state index is 10.9. The summed E-state index contributed by atoms with van der Waals surface area (Å²) >= 11 is 0. The van der Waals surface area contributed by atoms with E-state index in [2.05, 4.69) is 0 Å². The number of carboxylic acid groups (broad SMARTS) is 1. The van der Waals surface area contributed by atoms with Crippen LogP contribution in [0.3, 0.4) is 0 Å². The van der Waals surface area contributed by atoms with Gasteiger partial charge in [-0.05, 0) is 26.0 Å². The molecular weight excluding hydrogens is 208 g/mol. The van der Waals surface area contributed by atoms with Gasteiger partial charge in [-0.2, -0.15) is 0 Å². The lowest BCUT2D eigenvalue weighted by atomic mass is 10.1. The maximum absolute atomic E-state index is 10.9. The Hall–Kier alpha value is -2.10. The Kier molecular flexibility index (Phi) is 3.45. The molecule has 1 rings (SSSR count). The summed E-state index contributed by atoms with van der Waals surface area (Å²) in [4.78, 5) is 21.2. The summed E-state index contributed by atoms with van der Waals surface area (Å²) in [6.07, 6.45) is 0.705. The Morgan fingerprint density at radius 3 is 2.00 bits per heavy atom. The number of aryl methyl sites for hydroxylation is 2. The van der Waals surface area contributed by atoms with E-state index in [0.29, 0.717) is 11.6 Å². The molecule has 0 aliphatic carbocycles. The van der Waals surface area contributed by atoms with E-state index in [4.69, 9.17) is 5.11 Å². The highest BCUT2D eigenvalue weighted by molar-refractivity contribution is 6.38. The number of aliphatic hydroxyl groups excluding tert-OH is 1. The molecule has 2 N–H and O–H groups in total. The Labute approximate surface area is 92.8 Å². The van der Waals surface area contributed by atoms with Crippen LogP contribution in [-0.2, 0) is 9.59 Å². The number of carboxylic acids is 1. The van der Waals surface area contributed by atoms with Gasteiger partial charge < -0.3 is 10.2 Å². The molecule has 0 aliphatic rings. The van der Waals surface area contributed by atoms with E-state index in [1.54, 1.807) is 12.1 Å². The van der Waals surface area contributed by atoms with Crippen LogP contribution < -0.4 is 0 Å². The summed E-state index contributed by atoms with van der Waals surface area (Å²) in [5.74, 6) is -3.06. The fraction of sp³-hybridized carbons (Fsp3) is 0.167. The molecule has 0 saturated heterocycles. The third-order valence-electron chi connectivity index (χ3n) is 2.00. The zero-order chi connectivity index (χ0) is 12.3. The average Bonchev–Trinajstić information content (AvgIpc) is 2.15. The molecular formula is C12H12O4. The van der Waals surface area contributed by atoms with E-state index in [9.17, 15) is 14.7 Å². The second-order valence-corrected chi connectivity index (χ2v) is 3.58. The van der Waals surface area contributed by atoms with Gasteiger partial charge >= 0.3 is 5.97 Å². The van der Waals surface area contributed by atoms with E-state index in [0.717, 1.165) is 11.1 Å². The van der Waals surface area contributed by atoms with Crippen LogP contribution in [0, 0.1) is 13.8 Å². The molecule has 0 radical (unpaired) electrons. The van der Waals surface area contributed by atoms with Crippen molar-refractivity contribution in [2.24, 2.45) is 0 Å². The molecule has 0 saturated carbocycles. The van der Waals surface area contributed by atoms with Crippen LogP contribution in [0.4, 0.5) is 0 Å². The fourth-order valence-corrected chi connectivity index (χ4v) is 1.39. The first kappa shape index (κ1) is 12.0. The number of aliphatic hydroxyl groups is 1. The third-order valence-corrected chi connectivity index (χ3v) is 2.00. The first-order chi connectivity index (χ1) is 7.40. The van der Waals surface area contributed by atoms with Gasteiger partial charge in [-0.3, -0.25) is 4.79 Å². The van der Waals surface area contributed by atoms with Crippen molar-refractivity contribution in [1.29, 1.82) is 0 Å². The van der Waals surface area contributed by atoms with E-state index in [1.165, 1.54) is 0 Å². The number of aliphatic carboxylic acids is 1. The lowest BCUT2D eigenvalue weighted by Crippen LogP contribution is -2.09. The highest BCUT2D eigenvalue weighted by Crippen LogP contribution is 2.15. The molecule has 0 heterocycles. The Balaban J connectivity index is 3.09. The minimum Gasteiger partial charge on any atom is -0.507 e. The molecule has 84 valence electrons. The van der Waals surface area contributed by atoms with Gasteiger partial charge in [0, 0.05) is 11.6 Å². The number of carbonyl (C=O) groups excluding carboxylic acids is 1. The molecule has 1 aromatic carbocycles. The van der Waals surface area contributed by atoms with Crippen molar-refractivity contribution in [2.75, 3.05) is 0 Å². The smallest absolute Gasteiger partial charge is 0.376 e. The van der Waals surface area contributed by atoms with Crippen LogP contribution >= 0.6 is 0 Å². The van der Waals surface area contributed by atoms with Gasteiger partial charge in [0.15, 0.2) is 0 Å². The van der Waals surface area contributed by atoms with Crippen LogP contribution in [0.25, 0.3) is 5.76 Å². The van der Waals surface area contributed by atoms with Crippen LogP contribution in [0.15, 0.2) is 24.3 Å². The molecule has 0 bridgehead atoms. The zero-order valence-corrected chi connectivity index (χ0v) is 9.02. The molecule has 4 heteroatoms. The van der Waals surface area contributed by atoms with Crippen LogP contribution in [0.2, 0.25) is 0 Å². The number of rotatable bonds is 3. The second-order valence-electron chi connectivity index (χ2n) is 3.58. The SMILES string of the molecule is Cc1cc(C)cc(/C(O)=C/C(=O)C(=O)O)c1. The quantitative estimate of drug-likeness (QED) is 0.463. The summed E-state index contributed by atoms with van der Waals surface area (Å²) in [6, 6.07) is 5.26. The molecule has 0 aromatic heterocycles. The van der Waals surface area contributed by atoms with Gasteiger partial charge in [-0.25, -0.2) is 4.79 Å². The summed E-state index contributed by atoms with van der Waals surface area (Å²) in [7, 11) is 0. The molecule has 0 aliphatic heterocycles. The largest absolute Gasteiger partial charge is 0.507 e. The van der Waals surface area contributed by atoms with Gasteiger partial charge in [0.1, 0.15) is 5.76 Å². The van der Waals surface area contributed by atoms with Gasteiger partial charge in [-0.15, -0.1) is 0 Å². The van der Waals surface area contributed by atoms with Crippen molar-refractivity contribution in [3.8, 4) is 0 Å². The Bertz CT molecular complexity index is 452. The summed E-state index contributed by atoms with van der Waals surface area (Å²) in [5, 5.41) is 17.9. The molecule has 16 heavy (non-hydrogen) atoms. The van der Waals surface area contributed by atoms with Gasteiger partial charge in [0.05, 0.1) is 0 Å². The molecule has 0 amide bonds. The Morgan fingerprint density at radius 1 is 1.06 bits per heavy atom. The number of benzene rings is 1. The number of hydrogen-bond donors (Lipinski definition) is 2. The average molecular weight is 220 g/mol. The molecule has 0 atom stereocenters. The number of carbonyl (C=O) groups is 2. The van der Waals surface area contributed by atoms with Crippen LogP contribution in [0.1, 0.15) is 16.7 Å². The minimum absolute atomic E-state index is 0.334. The van der Waals surface area contributed by atoms with E-state index < -0.39 is 11.8 Å². The molecule has 0 unspecified atom stereocenters. The molecule has 0 fully saturated rings. The first-order valence-corrected chi connectivity index (χ1v) is 4.66. The van der Waals surface area contributed by atoms with Crippen molar-refractivity contribution < 1.29 is 19.8 Å². The second kappa shape index (κ2) is 4.61. The monoisotopic (exact) mass is 220 g/mol. The normalized spacial score (nSPS) is 11.2. The zero-order valence-electron chi connectivity index (χ0n) is 9.02. The van der Waals surface area contributed by atoms with E-state index in [1.807, 2.05) is 19.9 Å². The summed E-state index contributed by atoms with van der Waals surface area (Å²) < 4.78 is 0. The van der Waals surface area contributed by atoms with Crippen LogP contribution in [-0.4, -0.2) is 22.0 Å². The van der Waals surface area contributed by atoms with Gasteiger partial charge in [0.2, 0.25) is 0 Å². The lowest BCUT2D eigenvalue weighted by Gasteiger charge is -2.03. The Morgan fingerprint density at radius 2 is 1.56 bits per heavy atom. The van der Waals surface area contributed by atoms with Crippen molar-refractivity contribution in [2.45, 2.75) is 13.8 Å². The van der Waals surface area contributed by atoms with Crippen molar-refractivity contribution >= 4 is 17.5 Å². The van der Waals surface area contributed by atoms with Crippen molar-refractivity contribution in [3.05, 3.63) is 41.0 Å². The van der Waals surface area contributed by atoms with Gasteiger partial charge in [0.25, 0.3) is 5.78 Å². The third kappa shape index (κ3) is 2.95. The minimum atomic E-state index is -1.59. The predicted octanol–water partition coefficient (Wildman–Crippen LogP) is 1.86. The number of ketones is 1. The van der Waals surface area contributed by atoms with Crippen LogP contribution in [0.5, 0.6) is 0 Å². The topological polar surface area (TPSA) is 74.6 Å². The maximum Gasteiger partial charge on any atom is 0.376 e. The fourth-order valence-electron chi connectivity index (χ4n) is 1.39. The molecule has 1 aromatic rings. The van der Waals surface area contributed by atoms with E-state index >= 15 is 0 Å². The molecule has 4 nitrogen and oxygen atoms in total. The first-order valence-electron chi connectivity index (χ1n) is 4.66. The number of hydrogen-bond acceptors (Lipinski definition) is 3. The predicted molar refractivity (Wildman–Crippen MR) is 59.2 cm³/mol. The van der Waals surface area contributed by atoms with E-state index in [-0.39, 0.29) is 5.76 Å². The summed E-state index contributed by atoms with van der Waals surface area (Å²) in [5.41, 5.74) is 2.29.